The third-order valence-electron chi connectivity index (χ3n) is 4.43. The Balaban J connectivity index is 1.74. The zero-order valence-electron chi connectivity index (χ0n) is 13.8. The molecule has 122 valence electrons. The van der Waals surface area contributed by atoms with Crippen LogP contribution in [0.25, 0.3) is 22.2 Å². The second-order valence-corrected chi connectivity index (χ2v) is 6.62. The monoisotopic (exact) mass is 343 g/mol. The van der Waals surface area contributed by atoms with Gasteiger partial charge in [-0.2, -0.15) is 0 Å². The number of nitrogens with zero attached hydrogens (tertiary/aromatic N) is 1. The molecule has 1 heterocycles. The smallest absolute Gasteiger partial charge is 0.0742 e. The fourth-order valence-corrected chi connectivity index (χ4v) is 3.40. The van der Waals surface area contributed by atoms with Crippen LogP contribution in [0.2, 0.25) is 5.02 Å². The van der Waals surface area contributed by atoms with Crippen LogP contribution in [0.3, 0.4) is 0 Å². The summed E-state index contributed by atoms with van der Waals surface area (Å²) in [4.78, 5) is 4.94. The number of halogens is 1. The molecule has 4 aromatic rings. The van der Waals surface area contributed by atoms with Crippen LogP contribution < -0.4 is 0 Å². The molecule has 0 atom stereocenters. The summed E-state index contributed by atoms with van der Waals surface area (Å²) >= 11 is 6.33. The number of rotatable bonds is 4. The van der Waals surface area contributed by atoms with E-state index in [1.807, 2.05) is 30.3 Å². The maximum atomic E-state index is 6.33. The minimum absolute atomic E-state index is 0.768. The molecule has 0 radical (unpaired) electrons. The Morgan fingerprint density at radius 1 is 0.720 bits per heavy atom. The zero-order chi connectivity index (χ0) is 17.1. The first kappa shape index (κ1) is 15.9. The lowest BCUT2D eigenvalue weighted by atomic mass is 10.0. The van der Waals surface area contributed by atoms with Crippen molar-refractivity contribution in [2.24, 2.45) is 0 Å². The molecule has 0 spiro atoms. The fraction of sp³-hybridized carbons (Fsp3) is 0.0870. The van der Waals surface area contributed by atoms with Crippen molar-refractivity contribution < 1.29 is 0 Å². The Morgan fingerprint density at radius 3 is 2.20 bits per heavy atom. The molecule has 0 aliphatic heterocycles. The van der Waals surface area contributed by atoms with Gasteiger partial charge in [-0.05, 0) is 42.2 Å². The van der Waals surface area contributed by atoms with Gasteiger partial charge in [0.15, 0.2) is 0 Å². The largest absolute Gasteiger partial charge is 0.248 e. The van der Waals surface area contributed by atoms with Gasteiger partial charge < -0.3 is 0 Å². The summed E-state index contributed by atoms with van der Waals surface area (Å²) in [6.07, 6.45) is 1.90. The molecule has 1 aromatic heterocycles. The summed E-state index contributed by atoms with van der Waals surface area (Å²) in [5.74, 6) is 0. The van der Waals surface area contributed by atoms with Gasteiger partial charge in [0.1, 0.15) is 0 Å². The SMILES string of the molecule is Clc1cc(CCc2ccccc2)c2nc(-c3ccccc3)ccc2c1. The van der Waals surface area contributed by atoms with Gasteiger partial charge in [0.2, 0.25) is 0 Å². The number of aromatic nitrogens is 1. The molecule has 0 unspecified atom stereocenters. The first-order valence-electron chi connectivity index (χ1n) is 8.48. The third-order valence-corrected chi connectivity index (χ3v) is 4.65. The highest BCUT2D eigenvalue weighted by atomic mass is 35.5. The second-order valence-electron chi connectivity index (χ2n) is 6.18. The molecule has 0 bridgehead atoms. The summed E-state index contributed by atoms with van der Waals surface area (Å²) in [6.45, 7) is 0. The van der Waals surface area contributed by atoms with Crippen LogP contribution in [-0.2, 0) is 12.8 Å². The van der Waals surface area contributed by atoms with E-state index in [1.54, 1.807) is 0 Å². The van der Waals surface area contributed by atoms with Gasteiger partial charge in [-0.15, -0.1) is 0 Å². The van der Waals surface area contributed by atoms with Crippen molar-refractivity contribution in [3.63, 3.8) is 0 Å². The van der Waals surface area contributed by atoms with Crippen molar-refractivity contribution in [1.82, 2.24) is 4.98 Å². The predicted molar refractivity (Wildman–Crippen MR) is 106 cm³/mol. The molecule has 0 aliphatic carbocycles. The Labute approximate surface area is 152 Å². The average Bonchev–Trinajstić information content (AvgIpc) is 2.67. The minimum Gasteiger partial charge on any atom is -0.248 e. The molecule has 0 fully saturated rings. The number of benzene rings is 3. The molecule has 0 amide bonds. The van der Waals surface area contributed by atoms with Crippen LogP contribution in [0.5, 0.6) is 0 Å². The van der Waals surface area contributed by atoms with Crippen LogP contribution in [-0.4, -0.2) is 4.98 Å². The number of pyridine rings is 1. The number of hydrogen-bond acceptors (Lipinski definition) is 1. The summed E-state index contributed by atoms with van der Waals surface area (Å²) in [5, 5.41) is 1.86. The van der Waals surface area contributed by atoms with Gasteiger partial charge in [0.25, 0.3) is 0 Å². The predicted octanol–water partition coefficient (Wildman–Crippen LogP) is 6.34. The standard InChI is InChI=1S/C23H18ClN/c24-21-15-19(12-11-17-7-3-1-4-8-17)23-20(16-21)13-14-22(25-23)18-9-5-2-6-10-18/h1-10,13-16H,11-12H2. The van der Waals surface area contributed by atoms with E-state index in [0.29, 0.717) is 0 Å². The normalized spacial score (nSPS) is 10.9. The van der Waals surface area contributed by atoms with E-state index in [-0.39, 0.29) is 0 Å². The topological polar surface area (TPSA) is 12.9 Å². The lowest BCUT2D eigenvalue weighted by molar-refractivity contribution is 0.965. The summed E-state index contributed by atoms with van der Waals surface area (Å²) < 4.78 is 0. The summed E-state index contributed by atoms with van der Waals surface area (Å²) in [7, 11) is 0. The van der Waals surface area contributed by atoms with Crippen molar-refractivity contribution >= 4 is 22.5 Å². The minimum atomic E-state index is 0.768. The lowest BCUT2D eigenvalue weighted by Gasteiger charge is -2.10. The quantitative estimate of drug-likeness (QED) is 0.421. The van der Waals surface area contributed by atoms with E-state index in [9.17, 15) is 0 Å². The first-order chi connectivity index (χ1) is 12.3. The van der Waals surface area contributed by atoms with Gasteiger partial charge in [0.05, 0.1) is 11.2 Å². The lowest BCUT2D eigenvalue weighted by Crippen LogP contribution is -1.95. The van der Waals surface area contributed by atoms with Gasteiger partial charge in [0, 0.05) is 16.0 Å². The summed E-state index contributed by atoms with van der Waals surface area (Å²) in [6, 6.07) is 29.0. The van der Waals surface area contributed by atoms with Crippen molar-refractivity contribution in [2.75, 3.05) is 0 Å². The molecule has 0 saturated heterocycles. The highest BCUT2D eigenvalue weighted by Crippen LogP contribution is 2.27. The highest BCUT2D eigenvalue weighted by molar-refractivity contribution is 6.31. The van der Waals surface area contributed by atoms with E-state index >= 15 is 0 Å². The molecule has 4 rings (SSSR count). The molecule has 3 aromatic carbocycles. The average molecular weight is 344 g/mol. The zero-order valence-corrected chi connectivity index (χ0v) is 14.6. The molecule has 2 heteroatoms. The molecule has 25 heavy (non-hydrogen) atoms. The van der Waals surface area contributed by atoms with E-state index in [2.05, 4.69) is 54.6 Å². The molecular weight excluding hydrogens is 326 g/mol. The van der Waals surface area contributed by atoms with Gasteiger partial charge in [-0.3, -0.25) is 0 Å². The molecular formula is C23H18ClN. The van der Waals surface area contributed by atoms with Crippen molar-refractivity contribution in [2.45, 2.75) is 12.8 Å². The van der Waals surface area contributed by atoms with Crippen molar-refractivity contribution in [3.05, 3.63) is 101 Å². The van der Waals surface area contributed by atoms with Crippen LogP contribution in [0.15, 0.2) is 84.9 Å². The van der Waals surface area contributed by atoms with E-state index in [0.717, 1.165) is 40.0 Å². The number of fused-ring (bicyclic) bond motifs is 1. The maximum Gasteiger partial charge on any atom is 0.0742 e. The Bertz CT molecular complexity index is 994. The fourth-order valence-electron chi connectivity index (χ4n) is 3.15. The van der Waals surface area contributed by atoms with Gasteiger partial charge in [-0.25, -0.2) is 4.98 Å². The van der Waals surface area contributed by atoms with E-state index < -0.39 is 0 Å². The Morgan fingerprint density at radius 2 is 1.44 bits per heavy atom. The molecule has 0 aliphatic rings. The maximum absolute atomic E-state index is 6.33. The first-order valence-corrected chi connectivity index (χ1v) is 8.86. The number of aryl methyl sites for hydroxylation is 2. The van der Waals surface area contributed by atoms with Crippen LogP contribution in [0.4, 0.5) is 0 Å². The van der Waals surface area contributed by atoms with E-state index in [1.165, 1.54) is 11.1 Å². The third kappa shape index (κ3) is 3.57. The van der Waals surface area contributed by atoms with Crippen LogP contribution in [0.1, 0.15) is 11.1 Å². The molecule has 1 nitrogen and oxygen atoms in total. The van der Waals surface area contributed by atoms with Gasteiger partial charge >= 0.3 is 0 Å². The highest BCUT2D eigenvalue weighted by Gasteiger charge is 2.08. The van der Waals surface area contributed by atoms with Crippen LogP contribution >= 0.6 is 11.6 Å². The molecule has 0 saturated carbocycles. The van der Waals surface area contributed by atoms with Crippen molar-refractivity contribution in [3.8, 4) is 11.3 Å². The summed E-state index contributed by atoms with van der Waals surface area (Å²) in [5.41, 5.74) is 5.70. The molecule has 0 N–H and O–H groups in total. The van der Waals surface area contributed by atoms with E-state index in [4.69, 9.17) is 16.6 Å². The number of hydrogen-bond donors (Lipinski definition) is 0. The Hall–Kier alpha value is -2.64. The van der Waals surface area contributed by atoms with Crippen molar-refractivity contribution in [1.29, 1.82) is 0 Å². The van der Waals surface area contributed by atoms with Crippen LogP contribution in [0, 0.1) is 0 Å². The second kappa shape index (κ2) is 7.08. The van der Waals surface area contributed by atoms with Gasteiger partial charge in [-0.1, -0.05) is 78.3 Å². The Kier molecular flexibility index (Phi) is 4.49.